The average molecular weight is 293 g/mol. The Balaban J connectivity index is 1.82. The van der Waals surface area contributed by atoms with Gasteiger partial charge in [-0.05, 0) is 11.6 Å². The first-order valence-corrected chi connectivity index (χ1v) is 6.13. The smallest absolute Gasteiger partial charge is 0.392 e. The summed E-state index contributed by atoms with van der Waals surface area (Å²) in [7, 11) is 0. The van der Waals surface area contributed by atoms with E-state index in [0.29, 0.717) is 17.3 Å². The zero-order chi connectivity index (χ0) is 13.9. The minimum atomic E-state index is -0.572. The summed E-state index contributed by atoms with van der Waals surface area (Å²) in [5, 5.41) is 17.9. The summed E-state index contributed by atoms with van der Waals surface area (Å²) >= 11 is 6.05. The van der Waals surface area contributed by atoms with Gasteiger partial charge in [0.05, 0.1) is 6.42 Å². The van der Waals surface area contributed by atoms with Crippen molar-refractivity contribution in [1.29, 1.82) is 0 Å². The molecule has 2 heterocycles. The lowest BCUT2D eigenvalue weighted by Gasteiger charge is -1.99. The first-order valence-electron chi connectivity index (χ1n) is 5.75. The van der Waals surface area contributed by atoms with Gasteiger partial charge >= 0.3 is 5.76 Å². The van der Waals surface area contributed by atoms with Gasteiger partial charge in [-0.1, -0.05) is 35.0 Å². The van der Waals surface area contributed by atoms with Crippen LogP contribution in [0.25, 0.3) is 0 Å². The molecule has 9 heteroatoms. The van der Waals surface area contributed by atoms with E-state index in [1.807, 2.05) is 18.2 Å². The van der Waals surface area contributed by atoms with Gasteiger partial charge in [0, 0.05) is 5.02 Å². The van der Waals surface area contributed by atoms with Crippen molar-refractivity contribution in [3.05, 3.63) is 57.1 Å². The Kier molecular flexibility index (Phi) is 3.30. The van der Waals surface area contributed by atoms with Gasteiger partial charge in [-0.2, -0.15) is 9.90 Å². The number of nitrogens with one attached hydrogen (secondary N) is 1. The molecule has 0 spiro atoms. The fraction of sp³-hybridized carbons (Fsp3) is 0.182. The molecular formula is C11H9ClN6O2. The van der Waals surface area contributed by atoms with E-state index in [9.17, 15) is 4.79 Å². The lowest BCUT2D eigenvalue weighted by atomic mass is 10.1. The Hall–Kier alpha value is -2.48. The molecule has 0 fully saturated rings. The highest BCUT2D eigenvalue weighted by atomic mass is 35.5. The number of H-pyrrole nitrogens is 1. The monoisotopic (exact) mass is 292 g/mol. The zero-order valence-corrected chi connectivity index (χ0v) is 10.9. The topological polar surface area (TPSA) is 102 Å². The van der Waals surface area contributed by atoms with E-state index in [1.54, 1.807) is 6.07 Å². The van der Waals surface area contributed by atoms with E-state index in [2.05, 4.69) is 25.7 Å². The molecule has 0 saturated carbocycles. The zero-order valence-electron chi connectivity index (χ0n) is 10.2. The van der Waals surface area contributed by atoms with Crippen LogP contribution in [-0.2, 0) is 13.0 Å². The predicted molar refractivity (Wildman–Crippen MR) is 68.3 cm³/mol. The molecule has 0 aliphatic rings. The third-order valence-electron chi connectivity index (χ3n) is 2.63. The molecule has 20 heavy (non-hydrogen) atoms. The van der Waals surface area contributed by atoms with Gasteiger partial charge in [-0.3, -0.25) is 0 Å². The van der Waals surface area contributed by atoms with Crippen molar-refractivity contribution in [1.82, 2.24) is 30.4 Å². The number of hydrogen-bond donors (Lipinski definition) is 1. The summed E-state index contributed by atoms with van der Waals surface area (Å²) < 4.78 is 6.21. The van der Waals surface area contributed by atoms with Crippen LogP contribution in [0.3, 0.4) is 0 Å². The van der Waals surface area contributed by atoms with Gasteiger partial charge in [0.25, 0.3) is 0 Å². The fourth-order valence-electron chi connectivity index (χ4n) is 1.71. The molecule has 1 N–H and O–H groups in total. The van der Waals surface area contributed by atoms with Crippen molar-refractivity contribution in [2.75, 3.05) is 0 Å². The van der Waals surface area contributed by atoms with Crippen molar-refractivity contribution in [3.8, 4) is 0 Å². The third-order valence-corrected chi connectivity index (χ3v) is 3.00. The first kappa shape index (κ1) is 12.5. The summed E-state index contributed by atoms with van der Waals surface area (Å²) in [6.07, 6.45) is 0.341. The van der Waals surface area contributed by atoms with Crippen molar-refractivity contribution >= 4 is 11.6 Å². The maximum absolute atomic E-state index is 11.7. The summed E-state index contributed by atoms with van der Waals surface area (Å²) in [6, 6.07) is 7.30. The molecule has 0 aliphatic heterocycles. The van der Waals surface area contributed by atoms with Gasteiger partial charge in [0.15, 0.2) is 5.82 Å². The van der Waals surface area contributed by atoms with Gasteiger partial charge in [-0.25, -0.2) is 4.79 Å². The molecule has 1 aromatic carbocycles. The quantitative estimate of drug-likeness (QED) is 0.757. The van der Waals surface area contributed by atoms with Crippen LogP contribution in [0.2, 0.25) is 5.02 Å². The molecule has 0 aliphatic carbocycles. The third kappa shape index (κ3) is 2.59. The number of rotatable bonds is 4. The second-order valence-corrected chi connectivity index (χ2v) is 4.42. The van der Waals surface area contributed by atoms with Crippen LogP contribution in [0.5, 0.6) is 0 Å². The van der Waals surface area contributed by atoms with Crippen LogP contribution >= 0.6 is 11.6 Å². The summed E-state index contributed by atoms with van der Waals surface area (Å²) in [5.74, 6) is 0.0631. The van der Waals surface area contributed by atoms with Crippen LogP contribution in [-0.4, -0.2) is 30.4 Å². The highest BCUT2D eigenvalue weighted by Gasteiger charge is 2.12. The Morgan fingerprint density at radius 3 is 2.95 bits per heavy atom. The fourth-order valence-corrected chi connectivity index (χ4v) is 1.91. The molecule has 0 radical (unpaired) electrons. The van der Waals surface area contributed by atoms with E-state index in [4.69, 9.17) is 16.0 Å². The summed E-state index contributed by atoms with van der Waals surface area (Å²) in [4.78, 5) is 11.7. The normalized spacial score (nSPS) is 10.8. The van der Waals surface area contributed by atoms with E-state index in [1.165, 1.54) is 0 Å². The number of benzene rings is 1. The molecule has 0 amide bonds. The predicted octanol–water partition coefficient (Wildman–Crippen LogP) is 0.642. The number of halogens is 1. The Labute approximate surface area is 117 Å². The largest absolute Gasteiger partial charge is 0.437 e. The van der Waals surface area contributed by atoms with Crippen molar-refractivity contribution in [2.45, 2.75) is 13.0 Å². The standard InChI is InChI=1S/C11H9ClN6O2/c12-8-4-2-1-3-7(8)5-10-15-18(11(19)20-10)6-9-13-16-17-14-9/h1-4H,5-6H2,(H,13,14,16,17). The molecule has 3 rings (SSSR count). The lowest BCUT2D eigenvalue weighted by molar-refractivity contribution is 0.456. The lowest BCUT2D eigenvalue weighted by Crippen LogP contribution is -2.17. The minimum Gasteiger partial charge on any atom is -0.392 e. The molecular weight excluding hydrogens is 284 g/mol. The van der Waals surface area contributed by atoms with Crippen molar-refractivity contribution in [2.24, 2.45) is 0 Å². The Morgan fingerprint density at radius 1 is 1.35 bits per heavy atom. The Bertz CT molecular complexity index is 763. The van der Waals surface area contributed by atoms with Gasteiger partial charge in [-0.15, -0.1) is 15.3 Å². The molecule has 102 valence electrons. The molecule has 8 nitrogen and oxygen atoms in total. The maximum atomic E-state index is 11.7. The van der Waals surface area contributed by atoms with E-state index in [0.717, 1.165) is 10.2 Å². The molecule has 0 bridgehead atoms. The van der Waals surface area contributed by atoms with Crippen LogP contribution in [0.1, 0.15) is 17.3 Å². The number of aromatic amines is 1. The van der Waals surface area contributed by atoms with E-state index < -0.39 is 5.76 Å². The first-order chi connectivity index (χ1) is 9.72. The highest BCUT2D eigenvalue weighted by Crippen LogP contribution is 2.17. The van der Waals surface area contributed by atoms with Crippen molar-refractivity contribution in [3.63, 3.8) is 0 Å². The highest BCUT2D eigenvalue weighted by molar-refractivity contribution is 6.31. The average Bonchev–Trinajstić information content (AvgIpc) is 3.04. The minimum absolute atomic E-state index is 0.0986. The van der Waals surface area contributed by atoms with E-state index in [-0.39, 0.29) is 12.4 Å². The van der Waals surface area contributed by atoms with Crippen LogP contribution in [0.4, 0.5) is 0 Å². The SMILES string of the molecule is O=c1oc(Cc2ccccc2Cl)nn1Cc1nn[nH]n1. The number of aromatic nitrogens is 6. The maximum Gasteiger partial charge on any atom is 0.437 e. The van der Waals surface area contributed by atoms with Crippen molar-refractivity contribution < 1.29 is 4.42 Å². The summed E-state index contributed by atoms with van der Waals surface area (Å²) in [5.41, 5.74) is 0.835. The number of tetrazole rings is 1. The van der Waals surface area contributed by atoms with Crippen LogP contribution < -0.4 is 5.76 Å². The van der Waals surface area contributed by atoms with E-state index >= 15 is 0 Å². The number of hydrogen-bond acceptors (Lipinski definition) is 6. The molecule has 0 atom stereocenters. The molecule has 2 aromatic heterocycles. The molecule has 3 aromatic rings. The molecule has 0 unspecified atom stereocenters. The van der Waals surface area contributed by atoms with Crippen LogP contribution in [0, 0.1) is 0 Å². The van der Waals surface area contributed by atoms with Gasteiger partial charge < -0.3 is 4.42 Å². The number of nitrogens with zero attached hydrogens (tertiary/aromatic N) is 5. The molecule has 0 saturated heterocycles. The van der Waals surface area contributed by atoms with Gasteiger partial charge in [0.2, 0.25) is 5.89 Å². The Morgan fingerprint density at radius 2 is 2.20 bits per heavy atom. The van der Waals surface area contributed by atoms with Crippen LogP contribution in [0.15, 0.2) is 33.5 Å². The second-order valence-electron chi connectivity index (χ2n) is 4.02. The summed E-state index contributed by atoms with van der Waals surface area (Å²) in [6.45, 7) is 0.0986. The second kappa shape index (κ2) is 5.25. The van der Waals surface area contributed by atoms with Gasteiger partial charge in [0.1, 0.15) is 6.54 Å².